The van der Waals surface area contributed by atoms with Crippen LogP contribution >= 0.6 is 0 Å². The molecule has 4 rings (SSSR count). The summed E-state index contributed by atoms with van der Waals surface area (Å²) in [6.45, 7) is 0. The summed E-state index contributed by atoms with van der Waals surface area (Å²) in [5.74, 6) is -0.0337. The second kappa shape index (κ2) is 5.41. The molecule has 0 spiro atoms. The zero-order chi connectivity index (χ0) is 17.6. The van der Waals surface area contributed by atoms with Gasteiger partial charge in [0.2, 0.25) is 0 Å². The predicted octanol–water partition coefficient (Wildman–Crippen LogP) is 2.64. The molecular formula is C16H11N5O4. The molecule has 0 amide bonds. The van der Waals surface area contributed by atoms with Crippen molar-refractivity contribution in [2.45, 2.75) is 6.42 Å². The Balaban J connectivity index is 1.75. The highest BCUT2D eigenvalue weighted by Crippen LogP contribution is 2.24. The minimum atomic E-state index is -1.05. The number of hydrogen-bond acceptors (Lipinski definition) is 5. The topological polar surface area (TPSA) is 138 Å². The lowest BCUT2D eigenvalue weighted by Gasteiger charge is -1.93. The Labute approximate surface area is 139 Å². The second-order valence-corrected chi connectivity index (χ2v) is 5.48. The minimum absolute atomic E-state index is 0.0715. The molecule has 9 nitrogen and oxygen atoms in total. The SMILES string of the molecule is O=C(O)c1cccc2[nH]c(Cc3nc4c([N+](=O)[O-])cccc4[nH]3)nc12. The van der Waals surface area contributed by atoms with Crippen LogP contribution in [0.5, 0.6) is 0 Å². The average molecular weight is 337 g/mol. The van der Waals surface area contributed by atoms with Crippen LogP contribution in [-0.4, -0.2) is 35.9 Å². The summed E-state index contributed by atoms with van der Waals surface area (Å²) in [7, 11) is 0. The molecule has 0 atom stereocenters. The maximum Gasteiger partial charge on any atom is 0.337 e. The molecule has 9 heteroatoms. The zero-order valence-corrected chi connectivity index (χ0v) is 12.7. The number of hydrogen-bond donors (Lipinski definition) is 3. The number of aromatic carboxylic acids is 1. The van der Waals surface area contributed by atoms with E-state index in [0.29, 0.717) is 28.2 Å². The van der Waals surface area contributed by atoms with Gasteiger partial charge in [-0.1, -0.05) is 12.1 Å². The number of nitro groups is 1. The first-order chi connectivity index (χ1) is 12.0. The van der Waals surface area contributed by atoms with Crippen molar-refractivity contribution in [2.24, 2.45) is 0 Å². The van der Waals surface area contributed by atoms with Crippen molar-refractivity contribution in [3.05, 3.63) is 63.7 Å². The Bertz CT molecular complexity index is 1050. The number of benzene rings is 2. The van der Waals surface area contributed by atoms with E-state index in [-0.39, 0.29) is 23.2 Å². The number of para-hydroxylation sites is 2. The van der Waals surface area contributed by atoms with E-state index in [1.54, 1.807) is 24.3 Å². The summed E-state index contributed by atoms with van der Waals surface area (Å²) < 4.78 is 0. The third-order valence-electron chi connectivity index (χ3n) is 3.86. The summed E-state index contributed by atoms with van der Waals surface area (Å²) >= 11 is 0. The van der Waals surface area contributed by atoms with Gasteiger partial charge in [-0.25, -0.2) is 14.8 Å². The number of H-pyrrole nitrogens is 2. The maximum absolute atomic E-state index is 11.3. The van der Waals surface area contributed by atoms with Gasteiger partial charge in [0.1, 0.15) is 17.2 Å². The number of nitrogens with zero attached hydrogens (tertiary/aromatic N) is 3. The fourth-order valence-electron chi connectivity index (χ4n) is 2.80. The molecule has 0 bridgehead atoms. The lowest BCUT2D eigenvalue weighted by atomic mass is 10.2. The third kappa shape index (κ3) is 2.47. The van der Waals surface area contributed by atoms with Crippen LogP contribution in [0.1, 0.15) is 22.0 Å². The van der Waals surface area contributed by atoms with Gasteiger partial charge in [0.05, 0.1) is 27.9 Å². The summed E-state index contributed by atoms with van der Waals surface area (Å²) in [6.07, 6.45) is 0.263. The highest BCUT2D eigenvalue weighted by molar-refractivity contribution is 6.00. The number of nitrogens with one attached hydrogen (secondary N) is 2. The molecule has 0 aliphatic carbocycles. The van der Waals surface area contributed by atoms with E-state index < -0.39 is 10.9 Å². The number of aromatic amines is 2. The van der Waals surface area contributed by atoms with Gasteiger partial charge < -0.3 is 15.1 Å². The molecule has 0 radical (unpaired) electrons. The van der Waals surface area contributed by atoms with Gasteiger partial charge in [0.25, 0.3) is 5.69 Å². The van der Waals surface area contributed by atoms with Crippen LogP contribution in [0.4, 0.5) is 5.69 Å². The van der Waals surface area contributed by atoms with Crippen molar-refractivity contribution in [2.75, 3.05) is 0 Å². The maximum atomic E-state index is 11.3. The normalized spacial score (nSPS) is 11.2. The number of aromatic nitrogens is 4. The second-order valence-electron chi connectivity index (χ2n) is 5.48. The first-order valence-corrected chi connectivity index (χ1v) is 7.36. The number of fused-ring (bicyclic) bond motifs is 2. The fourth-order valence-corrected chi connectivity index (χ4v) is 2.80. The Kier molecular flexibility index (Phi) is 3.21. The predicted molar refractivity (Wildman–Crippen MR) is 88.6 cm³/mol. The van der Waals surface area contributed by atoms with Crippen LogP contribution in [0, 0.1) is 10.1 Å². The summed E-state index contributed by atoms with van der Waals surface area (Å²) in [6, 6.07) is 9.55. The molecule has 124 valence electrons. The number of carboxylic acids is 1. The van der Waals surface area contributed by atoms with Gasteiger partial charge in [-0.3, -0.25) is 10.1 Å². The van der Waals surface area contributed by atoms with E-state index in [1.807, 2.05) is 0 Å². The Hall–Kier alpha value is -3.75. The van der Waals surface area contributed by atoms with Crippen molar-refractivity contribution >= 4 is 33.7 Å². The van der Waals surface area contributed by atoms with E-state index >= 15 is 0 Å². The van der Waals surface area contributed by atoms with Crippen LogP contribution in [0.15, 0.2) is 36.4 Å². The third-order valence-corrected chi connectivity index (χ3v) is 3.86. The number of non-ortho nitro benzene ring substituents is 1. The molecule has 3 N–H and O–H groups in total. The van der Waals surface area contributed by atoms with Crippen LogP contribution in [-0.2, 0) is 6.42 Å². The van der Waals surface area contributed by atoms with Gasteiger partial charge in [-0.15, -0.1) is 0 Å². The van der Waals surface area contributed by atoms with E-state index in [2.05, 4.69) is 19.9 Å². The number of nitro benzene ring substituents is 1. The summed E-state index contributed by atoms with van der Waals surface area (Å²) in [4.78, 5) is 36.6. The largest absolute Gasteiger partial charge is 0.478 e. The Morgan fingerprint density at radius 2 is 1.64 bits per heavy atom. The van der Waals surface area contributed by atoms with E-state index in [1.165, 1.54) is 12.1 Å². The molecule has 2 heterocycles. The molecule has 0 aliphatic heterocycles. The van der Waals surface area contributed by atoms with Crippen LogP contribution in [0.2, 0.25) is 0 Å². The van der Waals surface area contributed by atoms with Gasteiger partial charge in [-0.05, 0) is 18.2 Å². The summed E-state index contributed by atoms with van der Waals surface area (Å²) in [5.41, 5.74) is 1.86. The van der Waals surface area contributed by atoms with Crippen molar-refractivity contribution in [3.8, 4) is 0 Å². The molecule has 2 aromatic carbocycles. The average Bonchev–Trinajstić information content (AvgIpc) is 3.16. The van der Waals surface area contributed by atoms with Gasteiger partial charge in [0, 0.05) is 6.07 Å². The molecule has 0 saturated carbocycles. The minimum Gasteiger partial charge on any atom is -0.478 e. The van der Waals surface area contributed by atoms with E-state index in [4.69, 9.17) is 0 Å². The lowest BCUT2D eigenvalue weighted by Crippen LogP contribution is -1.97. The smallest absolute Gasteiger partial charge is 0.337 e. The molecule has 4 aromatic rings. The quantitative estimate of drug-likeness (QED) is 0.386. The first kappa shape index (κ1) is 14.8. The standard InChI is InChI=1S/C16H11N5O4/c22-16(23)8-3-1-4-9-14(8)19-12(17-9)7-13-18-10-5-2-6-11(21(24)25)15(10)20-13/h1-6H,7H2,(H,17,19)(H,18,20)(H,22,23). The zero-order valence-electron chi connectivity index (χ0n) is 12.7. The van der Waals surface area contributed by atoms with Crippen molar-refractivity contribution in [3.63, 3.8) is 0 Å². The number of rotatable bonds is 4. The molecule has 0 saturated heterocycles. The van der Waals surface area contributed by atoms with E-state index in [9.17, 15) is 20.0 Å². The number of imidazole rings is 2. The molecule has 25 heavy (non-hydrogen) atoms. The van der Waals surface area contributed by atoms with Gasteiger partial charge in [-0.2, -0.15) is 0 Å². The Morgan fingerprint density at radius 1 is 1.04 bits per heavy atom. The van der Waals surface area contributed by atoms with Crippen molar-refractivity contribution in [1.29, 1.82) is 0 Å². The fraction of sp³-hybridized carbons (Fsp3) is 0.0625. The molecule has 2 aromatic heterocycles. The van der Waals surface area contributed by atoms with Crippen LogP contribution in [0.3, 0.4) is 0 Å². The molecular weight excluding hydrogens is 326 g/mol. The van der Waals surface area contributed by atoms with Crippen molar-refractivity contribution < 1.29 is 14.8 Å². The summed E-state index contributed by atoms with van der Waals surface area (Å²) in [5, 5.41) is 20.3. The highest BCUT2D eigenvalue weighted by atomic mass is 16.6. The van der Waals surface area contributed by atoms with Crippen molar-refractivity contribution in [1.82, 2.24) is 19.9 Å². The van der Waals surface area contributed by atoms with Gasteiger partial charge >= 0.3 is 5.97 Å². The molecule has 0 fully saturated rings. The van der Waals surface area contributed by atoms with Crippen LogP contribution < -0.4 is 0 Å². The number of carboxylic acid groups (broad SMARTS) is 1. The number of carbonyl (C=O) groups is 1. The van der Waals surface area contributed by atoms with Crippen LogP contribution in [0.25, 0.3) is 22.1 Å². The monoisotopic (exact) mass is 337 g/mol. The first-order valence-electron chi connectivity index (χ1n) is 7.36. The van der Waals surface area contributed by atoms with E-state index in [0.717, 1.165) is 0 Å². The molecule has 0 unspecified atom stereocenters. The van der Waals surface area contributed by atoms with Gasteiger partial charge in [0.15, 0.2) is 5.52 Å². The lowest BCUT2D eigenvalue weighted by molar-refractivity contribution is -0.383. The highest BCUT2D eigenvalue weighted by Gasteiger charge is 2.17. The molecule has 0 aliphatic rings. The Morgan fingerprint density at radius 3 is 2.28 bits per heavy atom.